The van der Waals surface area contributed by atoms with E-state index >= 15 is 4.39 Å². The van der Waals surface area contributed by atoms with Crippen LogP contribution in [0.15, 0.2) is 33.9 Å². The number of piperidine rings is 1. The summed E-state index contributed by atoms with van der Waals surface area (Å²) in [6.45, 7) is -1.94. The average molecular weight is 570 g/mol. The van der Waals surface area contributed by atoms with Crippen LogP contribution in [0.4, 0.5) is 13.2 Å². The van der Waals surface area contributed by atoms with Crippen LogP contribution in [-0.4, -0.2) is 67.2 Å². The number of halogens is 4. The number of carbonyl (C=O) groups is 1. The summed E-state index contributed by atoms with van der Waals surface area (Å²) in [7, 11) is 2.86. The Bertz CT molecular complexity index is 1480. The van der Waals surface area contributed by atoms with Crippen molar-refractivity contribution >= 4 is 28.9 Å². The maximum atomic E-state index is 15.0. The molecular weight excluding hydrogens is 543 g/mol. The van der Waals surface area contributed by atoms with Crippen molar-refractivity contribution in [3.8, 4) is 17.2 Å². The summed E-state index contributed by atoms with van der Waals surface area (Å²) >= 11 is 6.43. The number of methoxy groups -OCH3 is 2. The smallest absolute Gasteiger partial charge is 0.332 e. The second-order valence-corrected chi connectivity index (χ2v) is 9.47. The Morgan fingerprint density at radius 2 is 1.67 bits per heavy atom. The van der Waals surface area contributed by atoms with Crippen LogP contribution in [0, 0.1) is 5.82 Å². The highest BCUT2D eigenvalue weighted by atomic mass is 35.5. The largest absolute Gasteiger partial charge is 0.493 e. The third-order valence-electron chi connectivity index (χ3n) is 6.75. The highest BCUT2D eigenvalue weighted by molar-refractivity contribution is 6.31. The van der Waals surface area contributed by atoms with Crippen molar-refractivity contribution in [3.63, 3.8) is 0 Å². The fourth-order valence-electron chi connectivity index (χ4n) is 4.68. The normalized spacial score (nSPS) is 14.2. The quantitative estimate of drug-likeness (QED) is 0.347. The molecule has 0 bridgehead atoms. The van der Waals surface area contributed by atoms with Gasteiger partial charge in [0, 0.05) is 36.3 Å². The Hall–Kier alpha value is -3.67. The van der Waals surface area contributed by atoms with Gasteiger partial charge >= 0.3 is 5.69 Å². The van der Waals surface area contributed by atoms with Gasteiger partial charge in [-0.25, -0.2) is 18.0 Å². The van der Waals surface area contributed by atoms with Crippen LogP contribution in [0.3, 0.4) is 0 Å². The second-order valence-electron chi connectivity index (χ2n) is 9.06. The molecule has 0 N–H and O–H groups in total. The first kappa shape index (κ1) is 28.3. The van der Waals surface area contributed by atoms with E-state index in [-0.39, 0.29) is 22.5 Å². The summed E-state index contributed by atoms with van der Waals surface area (Å²) in [5.74, 6) is -0.818. The number of rotatable bonds is 10. The number of aromatic nitrogens is 2. The first-order valence-electron chi connectivity index (χ1n) is 12.1. The zero-order chi connectivity index (χ0) is 28.3. The average Bonchev–Trinajstić information content (AvgIpc) is 2.95. The van der Waals surface area contributed by atoms with Crippen molar-refractivity contribution in [3.05, 3.63) is 61.5 Å². The minimum Gasteiger partial charge on any atom is -0.493 e. The molecule has 0 aliphatic carbocycles. The lowest BCUT2D eigenvalue weighted by atomic mass is 10.0. The Morgan fingerprint density at radius 1 is 1.03 bits per heavy atom. The van der Waals surface area contributed by atoms with Gasteiger partial charge in [-0.1, -0.05) is 11.6 Å². The molecule has 1 saturated heterocycles. The fourth-order valence-corrected chi connectivity index (χ4v) is 4.90. The molecular formula is C26H27ClF3N3O6. The summed E-state index contributed by atoms with van der Waals surface area (Å²) < 4.78 is 59.2. The van der Waals surface area contributed by atoms with Crippen LogP contribution in [0.2, 0.25) is 5.02 Å². The van der Waals surface area contributed by atoms with E-state index < -0.39 is 48.3 Å². The number of amides is 1. The van der Waals surface area contributed by atoms with E-state index in [4.69, 9.17) is 25.8 Å². The maximum Gasteiger partial charge on any atom is 0.332 e. The van der Waals surface area contributed by atoms with Crippen molar-refractivity contribution in [2.45, 2.75) is 31.5 Å². The summed E-state index contributed by atoms with van der Waals surface area (Å²) in [6.07, 6.45) is -0.0704. The second kappa shape index (κ2) is 12.0. The number of benzene rings is 2. The first-order chi connectivity index (χ1) is 18.8. The number of ether oxygens (including phenoxy) is 3. The topological polar surface area (TPSA) is 92.0 Å². The molecule has 13 heteroatoms. The standard InChI is InChI=1S/C26H27ClF3N3O6/c1-37-23-7-15(19(27)9-24(23)38-2)13-32-25(35)18-8-22(39-17(11-28)12-29)20(30)10-21(18)33(26(32)36)16-3-5-31(14-34)6-4-16/h7-10,14,16-17H,3-6,11-13H2,1-2H3. The minimum absolute atomic E-state index is 0.00566. The van der Waals surface area contributed by atoms with Crippen molar-refractivity contribution < 1.29 is 32.2 Å². The van der Waals surface area contributed by atoms with Gasteiger partial charge in [-0.2, -0.15) is 0 Å². The van der Waals surface area contributed by atoms with Gasteiger partial charge < -0.3 is 19.1 Å². The minimum atomic E-state index is -1.55. The van der Waals surface area contributed by atoms with Gasteiger partial charge in [0.25, 0.3) is 5.56 Å². The molecule has 9 nitrogen and oxygen atoms in total. The van der Waals surface area contributed by atoms with Gasteiger partial charge in [0.1, 0.15) is 13.3 Å². The lowest BCUT2D eigenvalue weighted by Crippen LogP contribution is -2.44. The zero-order valence-corrected chi connectivity index (χ0v) is 22.1. The summed E-state index contributed by atoms with van der Waals surface area (Å²) in [4.78, 5) is 40.2. The zero-order valence-electron chi connectivity index (χ0n) is 21.3. The highest BCUT2D eigenvalue weighted by Gasteiger charge is 2.26. The van der Waals surface area contributed by atoms with Crippen LogP contribution in [-0.2, 0) is 11.3 Å². The van der Waals surface area contributed by atoms with Gasteiger partial charge in [-0.05, 0) is 30.5 Å². The SMILES string of the molecule is COc1cc(Cl)c(Cn2c(=O)c3cc(OC(CF)CF)c(F)cc3n(C3CCN(C=O)CC3)c2=O)cc1OC. The molecule has 0 saturated carbocycles. The van der Waals surface area contributed by atoms with Crippen LogP contribution in [0.25, 0.3) is 10.9 Å². The van der Waals surface area contributed by atoms with Crippen molar-refractivity contribution in [2.75, 3.05) is 40.7 Å². The molecule has 0 radical (unpaired) electrons. The van der Waals surface area contributed by atoms with Gasteiger partial charge in [-0.15, -0.1) is 0 Å². The molecule has 0 spiro atoms. The lowest BCUT2D eigenvalue weighted by molar-refractivity contribution is -0.119. The molecule has 1 aliphatic rings. The maximum absolute atomic E-state index is 15.0. The first-order valence-corrected chi connectivity index (χ1v) is 12.5. The molecule has 4 rings (SSSR count). The highest BCUT2D eigenvalue weighted by Crippen LogP contribution is 2.34. The third-order valence-corrected chi connectivity index (χ3v) is 7.11. The predicted molar refractivity (Wildman–Crippen MR) is 138 cm³/mol. The Morgan fingerprint density at radius 3 is 2.26 bits per heavy atom. The molecule has 1 fully saturated rings. The van der Waals surface area contributed by atoms with Crippen LogP contribution in [0.5, 0.6) is 17.2 Å². The van der Waals surface area contributed by atoms with Gasteiger partial charge in [0.2, 0.25) is 6.41 Å². The molecule has 1 aromatic heterocycles. The Labute approximate surface area is 226 Å². The summed E-state index contributed by atoms with van der Waals surface area (Å²) in [6, 6.07) is 4.58. The molecule has 2 aromatic carbocycles. The fraction of sp³-hybridized carbons (Fsp3) is 0.423. The summed E-state index contributed by atoms with van der Waals surface area (Å²) in [5, 5.41) is 0.124. The molecule has 0 atom stereocenters. The van der Waals surface area contributed by atoms with E-state index in [9.17, 15) is 23.2 Å². The lowest BCUT2D eigenvalue weighted by Gasteiger charge is -2.31. The van der Waals surface area contributed by atoms with E-state index in [1.807, 2.05) is 0 Å². The third kappa shape index (κ3) is 5.56. The number of hydrogen-bond donors (Lipinski definition) is 0. The Balaban J connectivity index is 1.93. The Kier molecular flexibility index (Phi) is 8.73. The van der Waals surface area contributed by atoms with Crippen molar-refractivity contribution in [2.24, 2.45) is 0 Å². The summed E-state index contributed by atoms with van der Waals surface area (Å²) in [5.41, 5.74) is -1.10. The van der Waals surface area contributed by atoms with E-state index in [0.717, 1.165) is 16.7 Å². The van der Waals surface area contributed by atoms with E-state index in [2.05, 4.69) is 0 Å². The van der Waals surface area contributed by atoms with E-state index in [1.54, 1.807) is 4.90 Å². The number of likely N-dealkylation sites (tertiary alicyclic amines) is 1. The molecule has 39 heavy (non-hydrogen) atoms. The predicted octanol–water partition coefficient (Wildman–Crippen LogP) is 3.50. The molecule has 3 aromatic rings. The van der Waals surface area contributed by atoms with E-state index in [0.29, 0.717) is 49.4 Å². The number of nitrogens with zero attached hydrogens (tertiary/aromatic N) is 3. The van der Waals surface area contributed by atoms with Gasteiger partial charge in [-0.3, -0.25) is 18.7 Å². The van der Waals surface area contributed by atoms with E-state index in [1.165, 1.54) is 30.9 Å². The molecule has 1 amide bonds. The molecule has 0 unspecified atom stereocenters. The monoisotopic (exact) mass is 569 g/mol. The van der Waals surface area contributed by atoms with Crippen LogP contribution in [0.1, 0.15) is 24.4 Å². The number of hydrogen-bond acceptors (Lipinski definition) is 6. The van der Waals surface area contributed by atoms with Gasteiger partial charge in [0.15, 0.2) is 29.2 Å². The van der Waals surface area contributed by atoms with Crippen molar-refractivity contribution in [1.29, 1.82) is 0 Å². The number of carbonyl (C=O) groups excluding carboxylic acids is 1. The van der Waals surface area contributed by atoms with Gasteiger partial charge in [0.05, 0.1) is 31.7 Å². The molecule has 210 valence electrons. The van der Waals surface area contributed by atoms with Crippen LogP contribution < -0.4 is 25.5 Å². The van der Waals surface area contributed by atoms with Crippen LogP contribution >= 0.6 is 11.6 Å². The number of alkyl halides is 2. The molecule has 1 aliphatic heterocycles. The number of fused-ring (bicyclic) bond motifs is 1. The molecule has 2 heterocycles. The van der Waals surface area contributed by atoms with Crippen molar-refractivity contribution in [1.82, 2.24) is 14.0 Å².